The number of amides is 1. The lowest BCUT2D eigenvalue weighted by atomic mass is 10.1. The van der Waals surface area contributed by atoms with Gasteiger partial charge in [0.2, 0.25) is 0 Å². The Morgan fingerprint density at radius 3 is 2.31 bits per heavy atom. The third-order valence-corrected chi connectivity index (χ3v) is 3.43. The Labute approximate surface area is 101 Å². The molecule has 0 aliphatic carbocycles. The maximum absolute atomic E-state index is 12.2. The molecule has 1 aromatic heterocycles. The molecular weight excluding hydrogens is 226 g/mol. The second-order valence-electron chi connectivity index (χ2n) is 4.13. The minimum Gasteiger partial charge on any atom is -0.466 e. The molecule has 0 aliphatic heterocycles. The summed E-state index contributed by atoms with van der Waals surface area (Å²) in [6.45, 7) is 7.50. The molecule has 0 spiro atoms. The van der Waals surface area contributed by atoms with Gasteiger partial charge in [-0.1, -0.05) is 0 Å². The third-order valence-electron chi connectivity index (χ3n) is 2.98. The van der Waals surface area contributed by atoms with Gasteiger partial charge in [0.25, 0.3) is 5.91 Å². The van der Waals surface area contributed by atoms with Gasteiger partial charge in [0, 0.05) is 24.5 Å². The van der Waals surface area contributed by atoms with E-state index in [4.69, 9.17) is 16.0 Å². The molecule has 0 aliphatic rings. The number of alkyl halides is 1. The molecule has 4 heteroatoms. The molecule has 0 bridgehead atoms. The van der Waals surface area contributed by atoms with Gasteiger partial charge in [-0.05, 0) is 27.7 Å². The average molecular weight is 244 g/mol. The second kappa shape index (κ2) is 4.91. The second-order valence-corrected chi connectivity index (χ2v) is 4.44. The average Bonchev–Trinajstić information content (AvgIpc) is 2.50. The van der Waals surface area contributed by atoms with E-state index in [-0.39, 0.29) is 11.9 Å². The molecule has 1 heterocycles. The monoisotopic (exact) mass is 243 g/mol. The molecule has 1 rings (SSSR count). The van der Waals surface area contributed by atoms with E-state index < -0.39 is 0 Å². The van der Waals surface area contributed by atoms with Crippen molar-refractivity contribution in [1.82, 2.24) is 4.90 Å². The van der Waals surface area contributed by atoms with Crippen LogP contribution in [0.3, 0.4) is 0 Å². The van der Waals surface area contributed by atoms with E-state index >= 15 is 0 Å². The molecule has 0 N–H and O–H groups in total. The SMILES string of the molecule is Cc1oc(C)c(C(=O)N(C)C(C)CCl)c1C. The van der Waals surface area contributed by atoms with E-state index in [1.54, 1.807) is 11.9 Å². The van der Waals surface area contributed by atoms with Crippen LogP contribution in [0, 0.1) is 20.8 Å². The number of hydrogen-bond acceptors (Lipinski definition) is 2. The molecule has 3 nitrogen and oxygen atoms in total. The van der Waals surface area contributed by atoms with Gasteiger partial charge in [0.05, 0.1) is 5.56 Å². The minimum atomic E-state index is -0.0278. The predicted molar refractivity (Wildman–Crippen MR) is 65.2 cm³/mol. The number of furan rings is 1. The van der Waals surface area contributed by atoms with Gasteiger partial charge in [0.1, 0.15) is 11.5 Å². The third kappa shape index (κ3) is 2.24. The molecular formula is C12H18ClNO2. The van der Waals surface area contributed by atoms with E-state index in [1.165, 1.54) is 0 Å². The van der Waals surface area contributed by atoms with Gasteiger partial charge in [-0.25, -0.2) is 0 Å². The van der Waals surface area contributed by atoms with E-state index in [0.29, 0.717) is 17.2 Å². The molecule has 0 saturated carbocycles. The number of carbonyl (C=O) groups is 1. The van der Waals surface area contributed by atoms with Crippen LogP contribution in [-0.4, -0.2) is 29.8 Å². The first kappa shape index (κ1) is 13.1. The van der Waals surface area contributed by atoms with Crippen LogP contribution in [0.15, 0.2) is 4.42 Å². The van der Waals surface area contributed by atoms with Crippen LogP contribution in [-0.2, 0) is 0 Å². The number of rotatable bonds is 3. The molecule has 0 fully saturated rings. The fourth-order valence-electron chi connectivity index (χ4n) is 1.59. The largest absolute Gasteiger partial charge is 0.466 e. The van der Waals surface area contributed by atoms with Crippen LogP contribution in [0.5, 0.6) is 0 Å². The van der Waals surface area contributed by atoms with E-state index in [0.717, 1.165) is 11.3 Å². The first-order valence-corrected chi connectivity index (χ1v) is 5.83. The van der Waals surface area contributed by atoms with Crippen LogP contribution in [0.2, 0.25) is 0 Å². The molecule has 0 aromatic carbocycles. The fourth-order valence-corrected chi connectivity index (χ4v) is 1.80. The zero-order valence-corrected chi connectivity index (χ0v) is 11.2. The van der Waals surface area contributed by atoms with Crippen LogP contribution in [0.1, 0.15) is 34.4 Å². The molecule has 0 saturated heterocycles. The number of hydrogen-bond donors (Lipinski definition) is 0. The minimum absolute atomic E-state index is 0.0168. The van der Waals surface area contributed by atoms with Gasteiger partial charge < -0.3 is 9.32 Å². The quantitative estimate of drug-likeness (QED) is 0.765. The van der Waals surface area contributed by atoms with Crippen molar-refractivity contribution in [3.05, 3.63) is 22.6 Å². The highest BCUT2D eigenvalue weighted by Gasteiger charge is 2.23. The van der Waals surface area contributed by atoms with Crippen molar-refractivity contribution in [3.8, 4) is 0 Å². The maximum atomic E-state index is 12.2. The normalized spacial score (nSPS) is 12.6. The smallest absolute Gasteiger partial charge is 0.257 e. The van der Waals surface area contributed by atoms with E-state index in [2.05, 4.69) is 0 Å². The molecule has 0 radical (unpaired) electrons. The van der Waals surface area contributed by atoms with Gasteiger partial charge in [-0.3, -0.25) is 4.79 Å². The first-order valence-electron chi connectivity index (χ1n) is 5.29. The summed E-state index contributed by atoms with van der Waals surface area (Å²) in [4.78, 5) is 13.9. The Kier molecular flexibility index (Phi) is 4.03. The Morgan fingerprint density at radius 1 is 1.38 bits per heavy atom. The lowest BCUT2D eigenvalue weighted by molar-refractivity contribution is 0.0754. The Bertz CT molecular complexity index is 398. The molecule has 1 amide bonds. The van der Waals surface area contributed by atoms with Crippen molar-refractivity contribution >= 4 is 17.5 Å². The zero-order chi connectivity index (χ0) is 12.5. The van der Waals surface area contributed by atoms with Gasteiger partial charge >= 0.3 is 0 Å². The molecule has 1 aromatic rings. The lowest BCUT2D eigenvalue weighted by Crippen LogP contribution is -2.36. The Hall–Kier alpha value is -0.960. The number of nitrogens with zero attached hydrogens (tertiary/aromatic N) is 1. The molecule has 1 atom stereocenters. The van der Waals surface area contributed by atoms with Crippen LogP contribution in [0.4, 0.5) is 0 Å². The van der Waals surface area contributed by atoms with E-state index in [1.807, 2.05) is 27.7 Å². The fraction of sp³-hybridized carbons (Fsp3) is 0.583. The Balaban J connectivity index is 3.05. The van der Waals surface area contributed by atoms with Gasteiger partial charge in [0.15, 0.2) is 0 Å². The van der Waals surface area contributed by atoms with Gasteiger partial charge in [-0.2, -0.15) is 0 Å². The summed E-state index contributed by atoms with van der Waals surface area (Å²) < 4.78 is 5.45. The van der Waals surface area contributed by atoms with Crippen LogP contribution in [0.25, 0.3) is 0 Å². The molecule has 16 heavy (non-hydrogen) atoms. The van der Waals surface area contributed by atoms with Crippen molar-refractivity contribution in [1.29, 1.82) is 0 Å². The summed E-state index contributed by atoms with van der Waals surface area (Å²) in [7, 11) is 1.76. The van der Waals surface area contributed by atoms with Crippen molar-refractivity contribution < 1.29 is 9.21 Å². The van der Waals surface area contributed by atoms with Crippen molar-refractivity contribution in [3.63, 3.8) is 0 Å². The highest BCUT2D eigenvalue weighted by atomic mass is 35.5. The van der Waals surface area contributed by atoms with Crippen molar-refractivity contribution in [2.24, 2.45) is 0 Å². The highest BCUT2D eigenvalue weighted by Crippen LogP contribution is 2.22. The van der Waals surface area contributed by atoms with E-state index in [9.17, 15) is 4.79 Å². The lowest BCUT2D eigenvalue weighted by Gasteiger charge is -2.23. The summed E-state index contributed by atoms with van der Waals surface area (Å²) >= 11 is 5.75. The Morgan fingerprint density at radius 2 is 1.94 bits per heavy atom. The number of aryl methyl sites for hydroxylation is 2. The zero-order valence-electron chi connectivity index (χ0n) is 10.4. The summed E-state index contributed by atoms with van der Waals surface area (Å²) in [5.41, 5.74) is 1.58. The summed E-state index contributed by atoms with van der Waals surface area (Å²) in [5, 5.41) is 0. The predicted octanol–water partition coefficient (Wildman–Crippen LogP) is 2.90. The number of carbonyl (C=O) groups excluding carboxylic acids is 1. The maximum Gasteiger partial charge on any atom is 0.257 e. The van der Waals surface area contributed by atoms with Crippen molar-refractivity contribution in [2.45, 2.75) is 33.7 Å². The molecule has 90 valence electrons. The van der Waals surface area contributed by atoms with Gasteiger partial charge in [-0.15, -0.1) is 11.6 Å². The standard InChI is InChI=1S/C12H18ClNO2/c1-7(6-13)14(5)12(15)11-8(2)9(3)16-10(11)4/h7H,6H2,1-5H3. The molecule has 1 unspecified atom stereocenters. The van der Waals surface area contributed by atoms with Crippen molar-refractivity contribution in [2.75, 3.05) is 12.9 Å². The highest BCUT2D eigenvalue weighted by molar-refractivity contribution is 6.18. The summed E-state index contributed by atoms with van der Waals surface area (Å²) in [5.74, 6) is 1.87. The first-order chi connectivity index (χ1) is 7.40. The summed E-state index contributed by atoms with van der Waals surface area (Å²) in [6.07, 6.45) is 0. The summed E-state index contributed by atoms with van der Waals surface area (Å²) in [6, 6.07) is 0.0168. The van der Waals surface area contributed by atoms with Crippen LogP contribution < -0.4 is 0 Å². The topological polar surface area (TPSA) is 33.5 Å². The number of halogens is 1. The van der Waals surface area contributed by atoms with Crippen LogP contribution >= 0.6 is 11.6 Å².